The number of rotatable bonds is 6. The fourth-order valence-electron chi connectivity index (χ4n) is 4.79. The van der Waals surface area contributed by atoms with Crippen molar-refractivity contribution in [1.82, 2.24) is 5.32 Å². The lowest BCUT2D eigenvalue weighted by Gasteiger charge is -2.61. The second kappa shape index (κ2) is 9.65. The highest BCUT2D eigenvalue weighted by atomic mass is 16.6. The highest BCUT2D eigenvalue weighted by molar-refractivity contribution is 5.88. The summed E-state index contributed by atoms with van der Waals surface area (Å²) in [6.45, 7) is 10.2. The molecule has 1 amide bonds. The van der Waals surface area contributed by atoms with Crippen molar-refractivity contribution in [1.29, 1.82) is 0 Å². The normalized spacial score (nSPS) is 33.1. The molecule has 31 heavy (non-hydrogen) atoms. The van der Waals surface area contributed by atoms with Gasteiger partial charge in [-0.2, -0.15) is 0 Å². The van der Waals surface area contributed by atoms with Gasteiger partial charge in [0.1, 0.15) is 11.7 Å². The number of fused-ring (bicyclic) bond motifs is 1. The summed E-state index contributed by atoms with van der Waals surface area (Å²) in [5.74, 6) is -1.55. The Labute approximate surface area is 183 Å². The fourth-order valence-corrected chi connectivity index (χ4v) is 4.79. The van der Waals surface area contributed by atoms with Crippen LogP contribution in [0.1, 0.15) is 47.0 Å². The minimum atomic E-state index is -1.47. The van der Waals surface area contributed by atoms with Gasteiger partial charge in [0, 0.05) is 31.9 Å². The minimum absolute atomic E-state index is 0.0316. The van der Waals surface area contributed by atoms with E-state index < -0.39 is 53.7 Å². The molecule has 0 bridgehead atoms. The Morgan fingerprint density at radius 1 is 1.32 bits per heavy atom. The first kappa shape index (κ1) is 25.3. The first-order chi connectivity index (χ1) is 14.4. The summed E-state index contributed by atoms with van der Waals surface area (Å²) in [6, 6.07) is -0.922. The van der Waals surface area contributed by atoms with E-state index in [4.69, 9.17) is 9.84 Å². The van der Waals surface area contributed by atoms with E-state index in [2.05, 4.69) is 11.9 Å². The van der Waals surface area contributed by atoms with Crippen molar-refractivity contribution in [2.24, 2.45) is 11.3 Å². The largest absolute Gasteiger partial charge is 0.459 e. The Bertz CT molecular complexity index is 785. The van der Waals surface area contributed by atoms with Gasteiger partial charge in [-0.1, -0.05) is 32.1 Å². The molecule has 1 fully saturated rings. The van der Waals surface area contributed by atoms with Crippen LogP contribution < -0.4 is 5.32 Å². The lowest BCUT2D eigenvalue weighted by molar-refractivity contribution is -0.250. The van der Waals surface area contributed by atoms with Crippen LogP contribution in [0.2, 0.25) is 0 Å². The standard InChI is InChI=1S/C23H35NO7/c1-13(6-7-25)8-20(29)24-21-14(2)9-19(31-15(3)27)23(30)17(11-22(23,4)5)16(12-26)10-18(21)28/h8,10,17-19,21,25-26,28,30H,2,6-7,9,11-12H2,1,3-5H3,(H,24,29)/b13-8+,16-10?/t17-,18+,19+,21-,23-/m1/s1. The van der Waals surface area contributed by atoms with Gasteiger partial charge in [-0.15, -0.1) is 0 Å². The average molecular weight is 438 g/mol. The molecule has 0 aromatic carbocycles. The molecule has 0 unspecified atom stereocenters. The summed E-state index contributed by atoms with van der Waals surface area (Å²) in [4.78, 5) is 24.3. The van der Waals surface area contributed by atoms with E-state index in [1.54, 1.807) is 6.92 Å². The van der Waals surface area contributed by atoms with Crippen LogP contribution in [0, 0.1) is 11.3 Å². The first-order valence-electron chi connectivity index (χ1n) is 10.5. The van der Waals surface area contributed by atoms with Crippen molar-refractivity contribution in [3.05, 3.63) is 35.5 Å². The van der Waals surface area contributed by atoms with Crippen LogP contribution in [0.25, 0.3) is 0 Å². The molecule has 5 atom stereocenters. The molecule has 0 saturated heterocycles. The van der Waals surface area contributed by atoms with Crippen molar-refractivity contribution in [2.75, 3.05) is 13.2 Å². The molecule has 5 N–H and O–H groups in total. The third kappa shape index (κ3) is 5.09. The minimum Gasteiger partial charge on any atom is -0.459 e. The number of carbonyl (C=O) groups is 2. The topological polar surface area (TPSA) is 136 Å². The third-order valence-electron chi connectivity index (χ3n) is 6.55. The van der Waals surface area contributed by atoms with Gasteiger partial charge in [-0.25, -0.2) is 0 Å². The Morgan fingerprint density at radius 3 is 2.48 bits per heavy atom. The summed E-state index contributed by atoms with van der Waals surface area (Å²) < 4.78 is 5.51. The molecular formula is C23H35NO7. The molecule has 2 aliphatic carbocycles. The summed E-state index contributed by atoms with van der Waals surface area (Å²) >= 11 is 0. The zero-order chi connectivity index (χ0) is 23.6. The van der Waals surface area contributed by atoms with E-state index >= 15 is 0 Å². The maximum absolute atomic E-state index is 12.5. The lowest BCUT2D eigenvalue weighted by Crippen LogP contribution is -2.69. The monoisotopic (exact) mass is 437 g/mol. The molecule has 2 rings (SSSR count). The number of hydrogen-bond donors (Lipinski definition) is 5. The number of aliphatic hydroxyl groups excluding tert-OH is 3. The first-order valence-corrected chi connectivity index (χ1v) is 10.5. The van der Waals surface area contributed by atoms with Crippen LogP contribution in [0.4, 0.5) is 0 Å². The molecular weight excluding hydrogens is 402 g/mol. The number of esters is 1. The summed E-state index contributed by atoms with van der Waals surface area (Å²) in [7, 11) is 0. The van der Waals surface area contributed by atoms with Gasteiger partial charge in [0.25, 0.3) is 0 Å². The third-order valence-corrected chi connectivity index (χ3v) is 6.55. The number of nitrogens with one attached hydrogen (secondary N) is 1. The maximum Gasteiger partial charge on any atom is 0.303 e. The highest BCUT2D eigenvalue weighted by Gasteiger charge is 2.65. The Morgan fingerprint density at radius 2 is 1.97 bits per heavy atom. The molecule has 0 aromatic heterocycles. The van der Waals surface area contributed by atoms with E-state index in [-0.39, 0.29) is 13.0 Å². The van der Waals surface area contributed by atoms with Gasteiger partial charge < -0.3 is 30.5 Å². The number of aliphatic hydroxyl groups is 4. The van der Waals surface area contributed by atoms with Crippen molar-refractivity contribution in [2.45, 2.75) is 70.8 Å². The van der Waals surface area contributed by atoms with Gasteiger partial charge in [0.05, 0.1) is 18.8 Å². The molecule has 2 aliphatic rings. The molecule has 0 aromatic rings. The molecule has 0 heterocycles. The van der Waals surface area contributed by atoms with E-state index in [1.165, 1.54) is 19.1 Å². The van der Waals surface area contributed by atoms with Gasteiger partial charge in [-0.3, -0.25) is 9.59 Å². The zero-order valence-corrected chi connectivity index (χ0v) is 18.7. The molecule has 8 nitrogen and oxygen atoms in total. The molecule has 0 radical (unpaired) electrons. The van der Waals surface area contributed by atoms with E-state index in [9.17, 15) is 24.9 Å². The number of hydrogen-bond acceptors (Lipinski definition) is 7. The highest BCUT2D eigenvalue weighted by Crippen LogP contribution is 2.60. The van der Waals surface area contributed by atoms with Gasteiger partial charge in [0.15, 0.2) is 0 Å². The predicted molar refractivity (Wildman–Crippen MR) is 115 cm³/mol. The summed E-state index contributed by atoms with van der Waals surface area (Å²) in [6.07, 6.45) is 1.53. The van der Waals surface area contributed by atoms with Crippen LogP contribution in [0.3, 0.4) is 0 Å². The molecule has 8 heteroatoms. The van der Waals surface area contributed by atoms with Gasteiger partial charge >= 0.3 is 5.97 Å². The van der Waals surface area contributed by atoms with Crippen molar-refractivity contribution in [3.8, 4) is 0 Å². The molecule has 0 aliphatic heterocycles. The van der Waals surface area contributed by atoms with E-state index in [1.807, 2.05) is 13.8 Å². The Kier molecular flexibility index (Phi) is 7.86. The second-order valence-corrected chi connectivity index (χ2v) is 9.27. The number of amides is 1. The Balaban J connectivity index is 2.44. The average Bonchev–Trinajstić information content (AvgIpc) is 2.68. The Hall–Kier alpha value is -2.00. The van der Waals surface area contributed by atoms with Crippen LogP contribution in [0.15, 0.2) is 35.5 Å². The summed E-state index contributed by atoms with van der Waals surface area (Å²) in [5, 5.41) is 44.2. The fraction of sp³-hybridized carbons (Fsp3) is 0.652. The quantitative estimate of drug-likeness (QED) is 0.235. The van der Waals surface area contributed by atoms with Gasteiger partial charge in [-0.05, 0) is 36.3 Å². The molecule has 174 valence electrons. The van der Waals surface area contributed by atoms with Crippen LogP contribution >= 0.6 is 0 Å². The van der Waals surface area contributed by atoms with Crippen molar-refractivity contribution < 1.29 is 34.8 Å². The zero-order valence-electron chi connectivity index (χ0n) is 18.7. The maximum atomic E-state index is 12.5. The van der Waals surface area contributed by atoms with E-state index in [0.717, 1.165) is 0 Å². The van der Waals surface area contributed by atoms with Crippen LogP contribution in [-0.2, 0) is 14.3 Å². The number of carbonyl (C=O) groups excluding carboxylic acids is 2. The lowest BCUT2D eigenvalue weighted by atomic mass is 9.48. The van der Waals surface area contributed by atoms with E-state index in [0.29, 0.717) is 29.6 Å². The van der Waals surface area contributed by atoms with Crippen molar-refractivity contribution in [3.63, 3.8) is 0 Å². The van der Waals surface area contributed by atoms with Crippen LogP contribution in [-0.4, -0.2) is 69.4 Å². The second-order valence-electron chi connectivity index (χ2n) is 9.27. The number of ether oxygens (including phenoxy) is 1. The van der Waals surface area contributed by atoms with Gasteiger partial charge in [0.2, 0.25) is 5.91 Å². The smallest absolute Gasteiger partial charge is 0.303 e. The SMILES string of the molecule is C=C1C[C@H](OC(C)=O)[C@]2(O)[C@H](CC2(C)C)C(CO)=C[C@H](O)[C@@H]1NC(=O)/C=C(\C)CCO. The summed E-state index contributed by atoms with van der Waals surface area (Å²) in [5.41, 5.74) is -0.601. The van der Waals surface area contributed by atoms with Crippen LogP contribution in [0.5, 0.6) is 0 Å². The molecule has 0 spiro atoms. The van der Waals surface area contributed by atoms with Crippen molar-refractivity contribution >= 4 is 11.9 Å². The predicted octanol–water partition coefficient (Wildman–Crippen LogP) is 0.748. The molecule has 1 saturated carbocycles.